The van der Waals surface area contributed by atoms with Gasteiger partial charge in [-0.3, -0.25) is 9.58 Å². The molecule has 0 saturated carbocycles. The lowest BCUT2D eigenvalue weighted by atomic mass is 9.73. The van der Waals surface area contributed by atoms with Crippen molar-refractivity contribution in [2.45, 2.75) is 51.9 Å². The number of likely N-dealkylation sites (tertiary alicyclic amines) is 1. The number of ether oxygens (including phenoxy) is 2. The average molecular weight is 307 g/mol. The van der Waals surface area contributed by atoms with Crippen molar-refractivity contribution < 1.29 is 9.47 Å². The van der Waals surface area contributed by atoms with Crippen LogP contribution in [0.4, 0.5) is 0 Å². The molecule has 3 rings (SSSR count). The molecule has 0 aromatic carbocycles. The number of rotatable bonds is 5. The predicted molar refractivity (Wildman–Crippen MR) is 85.6 cm³/mol. The van der Waals surface area contributed by atoms with Gasteiger partial charge in [0.25, 0.3) is 0 Å². The summed E-state index contributed by atoms with van der Waals surface area (Å²) in [5.41, 5.74) is 1.46. The molecule has 22 heavy (non-hydrogen) atoms. The predicted octanol–water partition coefficient (Wildman–Crippen LogP) is 2.22. The Kier molecular flexibility index (Phi) is 4.85. The Morgan fingerprint density at radius 2 is 2.36 bits per heavy atom. The van der Waals surface area contributed by atoms with Gasteiger partial charge in [-0.15, -0.1) is 0 Å². The minimum atomic E-state index is 0.170. The molecule has 0 unspecified atom stereocenters. The Bertz CT molecular complexity index is 488. The van der Waals surface area contributed by atoms with E-state index in [9.17, 15) is 0 Å². The van der Waals surface area contributed by atoms with Crippen molar-refractivity contribution in [2.75, 3.05) is 26.3 Å². The fourth-order valence-electron chi connectivity index (χ4n) is 3.87. The van der Waals surface area contributed by atoms with E-state index in [4.69, 9.17) is 9.47 Å². The van der Waals surface area contributed by atoms with Crippen LogP contribution in [0.1, 0.15) is 38.7 Å². The average Bonchev–Trinajstić information content (AvgIpc) is 2.90. The summed E-state index contributed by atoms with van der Waals surface area (Å²) in [5.74, 6) is 0. The van der Waals surface area contributed by atoms with Gasteiger partial charge in [-0.05, 0) is 33.1 Å². The minimum Gasteiger partial charge on any atom is -0.378 e. The van der Waals surface area contributed by atoms with E-state index in [1.807, 2.05) is 17.9 Å². The van der Waals surface area contributed by atoms with E-state index in [2.05, 4.69) is 30.0 Å². The van der Waals surface area contributed by atoms with Crippen LogP contribution in [-0.4, -0.2) is 53.2 Å². The fraction of sp³-hybridized carbons (Fsp3) is 0.824. The van der Waals surface area contributed by atoms with Gasteiger partial charge in [-0.1, -0.05) is 0 Å². The van der Waals surface area contributed by atoms with Crippen molar-refractivity contribution in [3.63, 3.8) is 0 Å². The maximum atomic E-state index is 6.10. The highest BCUT2D eigenvalue weighted by Crippen LogP contribution is 2.41. The lowest BCUT2D eigenvalue weighted by molar-refractivity contribution is -0.159. The van der Waals surface area contributed by atoms with Crippen molar-refractivity contribution in [2.24, 2.45) is 12.5 Å². The van der Waals surface area contributed by atoms with Crippen molar-refractivity contribution >= 4 is 0 Å². The SMILES string of the molecule is CC(C)OC[C@@]12CCCO[C@@H]1CCN(Cc1cnn(C)c1)C2. The highest BCUT2D eigenvalue weighted by atomic mass is 16.5. The largest absolute Gasteiger partial charge is 0.378 e. The van der Waals surface area contributed by atoms with E-state index < -0.39 is 0 Å². The summed E-state index contributed by atoms with van der Waals surface area (Å²) in [6.07, 6.45) is 8.21. The van der Waals surface area contributed by atoms with Gasteiger partial charge in [-0.25, -0.2) is 0 Å². The summed E-state index contributed by atoms with van der Waals surface area (Å²) in [6.45, 7) is 9.11. The topological polar surface area (TPSA) is 39.5 Å². The van der Waals surface area contributed by atoms with E-state index in [-0.39, 0.29) is 11.5 Å². The van der Waals surface area contributed by atoms with E-state index >= 15 is 0 Å². The Morgan fingerprint density at radius 1 is 1.50 bits per heavy atom. The molecule has 0 N–H and O–H groups in total. The van der Waals surface area contributed by atoms with Gasteiger partial charge in [0, 0.05) is 50.5 Å². The van der Waals surface area contributed by atoms with Gasteiger partial charge in [0.05, 0.1) is 25.0 Å². The lowest BCUT2D eigenvalue weighted by Gasteiger charge is -2.50. The first kappa shape index (κ1) is 16.0. The Labute approximate surface area is 133 Å². The zero-order valence-corrected chi connectivity index (χ0v) is 14.1. The standard InChI is InChI=1S/C17H29N3O2/c1-14(2)22-13-17-6-4-8-21-16(17)5-7-20(12-17)11-15-9-18-19(3)10-15/h9-10,14,16H,4-8,11-13H2,1-3H3/t16-,17+/m1/s1. The molecule has 2 aliphatic heterocycles. The Balaban J connectivity index is 1.68. The first-order valence-corrected chi connectivity index (χ1v) is 8.50. The summed E-state index contributed by atoms with van der Waals surface area (Å²) in [6, 6.07) is 0. The van der Waals surface area contributed by atoms with Crippen LogP contribution >= 0.6 is 0 Å². The van der Waals surface area contributed by atoms with Crippen molar-refractivity contribution in [3.05, 3.63) is 18.0 Å². The molecule has 2 atom stereocenters. The van der Waals surface area contributed by atoms with Crippen LogP contribution in [-0.2, 0) is 23.1 Å². The Hall–Kier alpha value is -0.910. The highest BCUT2D eigenvalue weighted by molar-refractivity contribution is 5.05. The molecule has 5 heteroatoms. The number of piperidine rings is 1. The van der Waals surface area contributed by atoms with Crippen LogP contribution < -0.4 is 0 Å². The van der Waals surface area contributed by atoms with Crippen molar-refractivity contribution in [1.29, 1.82) is 0 Å². The Morgan fingerprint density at radius 3 is 3.09 bits per heavy atom. The molecule has 5 nitrogen and oxygen atoms in total. The first-order chi connectivity index (χ1) is 10.6. The van der Waals surface area contributed by atoms with Crippen molar-refractivity contribution in [1.82, 2.24) is 14.7 Å². The maximum absolute atomic E-state index is 6.10. The molecule has 2 aliphatic rings. The quantitative estimate of drug-likeness (QED) is 0.836. The van der Waals surface area contributed by atoms with Gasteiger partial charge >= 0.3 is 0 Å². The number of hydrogen-bond donors (Lipinski definition) is 0. The molecule has 1 aromatic rings. The summed E-state index contributed by atoms with van der Waals surface area (Å²) in [4.78, 5) is 2.55. The van der Waals surface area contributed by atoms with Crippen molar-refractivity contribution in [3.8, 4) is 0 Å². The van der Waals surface area contributed by atoms with E-state index in [0.29, 0.717) is 6.10 Å². The summed E-state index contributed by atoms with van der Waals surface area (Å²) in [5, 5.41) is 4.28. The lowest BCUT2D eigenvalue weighted by Crippen LogP contribution is -2.56. The van der Waals surface area contributed by atoms with E-state index in [1.165, 1.54) is 12.0 Å². The first-order valence-electron chi connectivity index (χ1n) is 8.50. The number of fused-ring (bicyclic) bond motifs is 1. The van der Waals surface area contributed by atoms with Gasteiger partial charge < -0.3 is 9.47 Å². The van der Waals surface area contributed by atoms with Gasteiger partial charge in [0.1, 0.15) is 0 Å². The second-order valence-electron chi connectivity index (χ2n) is 7.21. The zero-order valence-electron chi connectivity index (χ0n) is 14.1. The summed E-state index contributed by atoms with van der Waals surface area (Å²) >= 11 is 0. The maximum Gasteiger partial charge on any atom is 0.0677 e. The second-order valence-corrected chi connectivity index (χ2v) is 7.21. The normalized spacial score (nSPS) is 29.7. The van der Waals surface area contributed by atoms with Gasteiger partial charge in [0.2, 0.25) is 0 Å². The van der Waals surface area contributed by atoms with Crippen LogP contribution in [0.15, 0.2) is 12.4 Å². The molecule has 2 fully saturated rings. The molecular weight excluding hydrogens is 278 g/mol. The number of nitrogens with zero attached hydrogens (tertiary/aromatic N) is 3. The fourth-order valence-corrected chi connectivity index (χ4v) is 3.87. The number of aromatic nitrogens is 2. The van der Waals surface area contributed by atoms with Crippen LogP contribution in [0.3, 0.4) is 0 Å². The third-order valence-electron chi connectivity index (χ3n) is 4.94. The van der Waals surface area contributed by atoms with Gasteiger partial charge in [-0.2, -0.15) is 5.10 Å². The van der Waals surface area contributed by atoms with E-state index in [1.54, 1.807) is 0 Å². The molecule has 0 spiro atoms. The molecule has 1 aromatic heterocycles. The van der Waals surface area contributed by atoms with Crippen LogP contribution in [0.2, 0.25) is 0 Å². The highest BCUT2D eigenvalue weighted by Gasteiger charge is 2.46. The van der Waals surface area contributed by atoms with Crippen LogP contribution in [0.25, 0.3) is 0 Å². The van der Waals surface area contributed by atoms with Crippen LogP contribution in [0.5, 0.6) is 0 Å². The zero-order chi connectivity index (χ0) is 15.6. The van der Waals surface area contributed by atoms with E-state index in [0.717, 1.165) is 45.7 Å². The minimum absolute atomic E-state index is 0.170. The monoisotopic (exact) mass is 307 g/mol. The summed E-state index contributed by atoms with van der Waals surface area (Å²) in [7, 11) is 1.97. The molecule has 0 aliphatic carbocycles. The number of hydrogen-bond acceptors (Lipinski definition) is 4. The van der Waals surface area contributed by atoms with Gasteiger partial charge in [0.15, 0.2) is 0 Å². The molecule has 2 saturated heterocycles. The third-order valence-corrected chi connectivity index (χ3v) is 4.94. The molecular formula is C17H29N3O2. The molecule has 0 radical (unpaired) electrons. The molecule has 0 amide bonds. The summed E-state index contributed by atoms with van der Waals surface area (Å²) < 4.78 is 14.0. The second kappa shape index (κ2) is 6.69. The molecule has 124 valence electrons. The smallest absolute Gasteiger partial charge is 0.0677 e. The molecule has 3 heterocycles. The third kappa shape index (κ3) is 3.53. The molecule has 0 bridgehead atoms. The number of aryl methyl sites for hydroxylation is 1. The van der Waals surface area contributed by atoms with Crippen LogP contribution in [0, 0.1) is 5.41 Å².